The van der Waals surface area contributed by atoms with E-state index in [4.69, 9.17) is 0 Å². The van der Waals surface area contributed by atoms with E-state index in [1.807, 2.05) is 13.8 Å². The Bertz CT molecular complexity index is 548. The first-order chi connectivity index (χ1) is 8.52. The van der Waals surface area contributed by atoms with Gasteiger partial charge in [-0.25, -0.2) is 8.42 Å². The number of benzene rings is 1. The van der Waals surface area contributed by atoms with Crippen LogP contribution in [-0.2, 0) is 10.0 Å². The maximum absolute atomic E-state index is 12.3. The van der Waals surface area contributed by atoms with Gasteiger partial charge >= 0.3 is 0 Å². The lowest BCUT2D eigenvalue weighted by atomic mass is 10.2. The lowest BCUT2D eigenvalue weighted by Gasteiger charge is -2.06. The lowest BCUT2D eigenvalue weighted by molar-refractivity contribution is 0.286. The number of aryl methyl sites for hydroxylation is 1. The highest BCUT2D eigenvalue weighted by atomic mass is 32.2. The summed E-state index contributed by atoms with van der Waals surface area (Å²) in [6.45, 7) is 3.59. The van der Waals surface area contributed by atoms with Crippen LogP contribution in [0, 0.1) is 6.92 Å². The molecular formula is C13H17NO3S. The van der Waals surface area contributed by atoms with Gasteiger partial charge in [-0.1, -0.05) is 29.8 Å². The molecule has 0 aliphatic carbocycles. The van der Waals surface area contributed by atoms with Crippen molar-refractivity contribution < 1.29 is 13.5 Å². The minimum atomic E-state index is -3.49. The van der Waals surface area contributed by atoms with Crippen LogP contribution in [0.1, 0.15) is 12.5 Å². The van der Waals surface area contributed by atoms with E-state index < -0.39 is 10.0 Å². The molecule has 1 heterocycles. The molecule has 18 heavy (non-hydrogen) atoms. The summed E-state index contributed by atoms with van der Waals surface area (Å²) in [7, 11) is -3.49. The van der Waals surface area contributed by atoms with Crippen molar-refractivity contribution >= 4 is 10.0 Å². The summed E-state index contributed by atoms with van der Waals surface area (Å²) in [5.74, 6) is 0. The molecule has 1 unspecified atom stereocenters. The zero-order valence-corrected chi connectivity index (χ0v) is 11.3. The number of nitrogens with zero attached hydrogens (tertiary/aromatic N) is 1. The summed E-state index contributed by atoms with van der Waals surface area (Å²) in [5.41, 5.74) is 1.02. The van der Waals surface area contributed by atoms with Crippen LogP contribution >= 0.6 is 0 Å². The molecular weight excluding hydrogens is 250 g/mol. The highest BCUT2D eigenvalue weighted by Gasteiger charge is 2.53. The van der Waals surface area contributed by atoms with Crippen LogP contribution in [0.3, 0.4) is 0 Å². The predicted octanol–water partition coefficient (Wildman–Crippen LogP) is 1.30. The van der Waals surface area contributed by atoms with Gasteiger partial charge in [-0.2, -0.15) is 4.31 Å². The molecule has 0 spiro atoms. The highest BCUT2D eigenvalue weighted by Crippen LogP contribution is 2.36. The van der Waals surface area contributed by atoms with E-state index >= 15 is 0 Å². The lowest BCUT2D eigenvalue weighted by Crippen LogP contribution is -2.16. The average molecular weight is 267 g/mol. The Kier molecular flexibility index (Phi) is 3.56. The van der Waals surface area contributed by atoms with Gasteiger partial charge in [0.05, 0.1) is 23.6 Å². The largest absolute Gasteiger partial charge is 0.395 e. The SMILES string of the molecule is C/C=C/[C@H]1[C@H](CO)N1S(=O)(=O)c1ccc(C)cc1. The van der Waals surface area contributed by atoms with Gasteiger partial charge in [0.25, 0.3) is 0 Å². The van der Waals surface area contributed by atoms with Crippen LogP contribution < -0.4 is 0 Å². The summed E-state index contributed by atoms with van der Waals surface area (Å²) >= 11 is 0. The van der Waals surface area contributed by atoms with Gasteiger partial charge in [-0.05, 0) is 26.0 Å². The summed E-state index contributed by atoms with van der Waals surface area (Å²) < 4.78 is 26.0. The van der Waals surface area contributed by atoms with Crippen LogP contribution in [0.15, 0.2) is 41.3 Å². The van der Waals surface area contributed by atoms with Crippen LogP contribution in [0.4, 0.5) is 0 Å². The summed E-state index contributed by atoms with van der Waals surface area (Å²) in [6, 6.07) is 6.21. The second kappa shape index (κ2) is 4.84. The van der Waals surface area contributed by atoms with Gasteiger partial charge < -0.3 is 5.11 Å². The molecule has 2 rings (SSSR count). The summed E-state index contributed by atoms with van der Waals surface area (Å²) in [4.78, 5) is 0.276. The monoisotopic (exact) mass is 267 g/mol. The Hall–Kier alpha value is -1.17. The molecule has 0 aromatic heterocycles. The van der Waals surface area contributed by atoms with E-state index in [-0.39, 0.29) is 23.6 Å². The number of hydrogen-bond acceptors (Lipinski definition) is 3. The predicted molar refractivity (Wildman–Crippen MR) is 69.7 cm³/mol. The van der Waals surface area contributed by atoms with E-state index in [0.29, 0.717) is 0 Å². The van der Waals surface area contributed by atoms with Crippen LogP contribution in [-0.4, -0.2) is 36.5 Å². The molecule has 0 bridgehead atoms. The van der Waals surface area contributed by atoms with Gasteiger partial charge in [0.1, 0.15) is 0 Å². The number of allylic oxidation sites excluding steroid dienone is 1. The van der Waals surface area contributed by atoms with Crippen molar-refractivity contribution in [2.75, 3.05) is 6.61 Å². The van der Waals surface area contributed by atoms with E-state index in [9.17, 15) is 13.5 Å². The number of hydrogen-bond donors (Lipinski definition) is 1. The Morgan fingerprint density at radius 2 is 1.94 bits per heavy atom. The van der Waals surface area contributed by atoms with Crippen LogP contribution in [0.25, 0.3) is 0 Å². The van der Waals surface area contributed by atoms with Crippen molar-refractivity contribution in [1.29, 1.82) is 0 Å². The molecule has 1 aromatic rings. The highest BCUT2D eigenvalue weighted by molar-refractivity contribution is 7.89. The fourth-order valence-electron chi connectivity index (χ4n) is 2.05. The van der Waals surface area contributed by atoms with Gasteiger partial charge in [0, 0.05) is 0 Å². The molecule has 1 saturated heterocycles. The van der Waals surface area contributed by atoms with Crippen molar-refractivity contribution in [3.63, 3.8) is 0 Å². The first-order valence-corrected chi connectivity index (χ1v) is 7.30. The van der Waals surface area contributed by atoms with E-state index in [2.05, 4.69) is 0 Å². The number of sulfonamides is 1. The normalized spacial score (nSPS) is 27.6. The molecule has 3 atom stereocenters. The standard InChI is InChI=1S/C13H17NO3S/c1-3-4-12-13(9-15)14(12)18(16,17)11-7-5-10(2)6-8-11/h3-8,12-13,15H,9H2,1-2H3/b4-3+/t12-,13-,14?/m0/s1. The minimum absolute atomic E-state index is 0.153. The van der Waals surface area contributed by atoms with Crippen molar-refractivity contribution in [3.05, 3.63) is 42.0 Å². The fraction of sp³-hybridized carbons (Fsp3) is 0.385. The number of rotatable bonds is 4. The average Bonchev–Trinajstić information content (AvgIpc) is 3.04. The molecule has 1 aromatic carbocycles. The summed E-state index contributed by atoms with van der Waals surface area (Å²) in [5, 5.41) is 9.19. The maximum Gasteiger partial charge on any atom is 0.244 e. The second-order valence-corrected chi connectivity index (χ2v) is 6.26. The molecule has 1 fully saturated rings. The first kappa shape index (κ1) is 13.3. The van der Waals surface area contributed by atoms with E-state index in [1.54, 1.807) is 36.4 Å². The molecule has 0 radical (unpaired) electrons. The minimum Gasteiger partial charge on any atom is -0.395 e. The zero-order chi connectivity index (χ0) is 13.3. The van der Waals surface area contributed by atoms with Crippen molar-refractivity contribution in [1.82, 2.24) is 4.31 Å². The smallest absolute Gasteiger partial charge is 0.244 e. The van der Waals surface area contributed by atoms with Crippen LogP contribution in [0.2, 0.25) is 0 Å². The molecule has 98 valence electrons. The molecule has 0 amide bonds. The zero-order valence-electron chi connectivity index (χ0n) is 10.4. The van der Waals surface area contributed by atoms with Gasteiger partial charge in [0.15, 0.2) is 0 Å². The molecule has 1 aliphatic heterocycles. The molecule has 1 N–H and O–H groups in total. The van der Waals surface area contributed by atoms with Gasteiger partial charge in [0.2, 0.25) is 10.0 Å². The summed E-state index contributed by atoms with van der Waals surface area (Å²) in [6.07, 6.45) is 3.60. The third-order valence-corrected chi connectivity index (χ3v) is 5.04. The third kappa shape index (κ3) is 2.21. The molecule has 0 saturated carbocycles. The number of aliphatic hydroxyl groups excluding tert-OH is 1. The second-order valence-electron chi connectivity index (χ2n) is 4.41. The Labute approximate surface area is 108 Å². The molecule has 5 heteroatoms. The van der Waals surface area contributed by atoms with Crippen molar-refractivity contribution in [2.24, 2.45) is 0 Å². The van der Waals surface area contributed by atoms with E-state index in [0.717, 1.165) is 5.56 Å². The molecule has 1 aliphatic rings. The molecule has 4 nitrogen and oxygen atoms in total. The topological polar surface area (TPSA) is 57.4 Å². The maximum atomic E-state index is 12.3. The van der Waals surface area contributed by atoms with Crippen molar-refractivity contribution in [3.8, 4) is 0 Å². The van der Waals surface area contributed by atoms with E-state index in [1.165, 1.54) is 4.31 Å². The third-order valence-electron chi connectivity index (χ3n) is 3.10. The Morgan fingerprint density at radius 3 is 2.44 bits per heavy atom. The Balaban J connectivity index is 2.30. The van der Waals surface area contributed by atoms with Crippen LogP contribution in [0.5, 0.6) is 0 Å². The first-order valence-electron chi connectivity index (χ1n) is 5.86. The Morgan fingerprint density at radius 1 is 1.33 bits per heavy atom. The quantitative estimate of drug-likeness (QED) is 0.661. The van der Waals surface area contributed by atoms with Gasteiger partial charge in [-0.3, -0.25) is 0 Å². The van der Waals surface area contributed by atoms with Gasteiger partial charge in [-0.15, -0.1) is 0 Å². The van der Waals surface area contributed by atoms with Crippen molar-refractivity contribution in [2.45, 2.75) is 30.8 Å². The number of aliphatic hydroxyl groups is 1. The fourth-order valence-corrected chi connectivity index (χ4v) is 3.79.